The summed E-state index contributed by atoms with van der Waals surface area (Å²) in [6.07, 6.45) is 14.2. The molecule has 0 unspecified atom stereocenters. The zero-order chi connectivity index (χ0) is 12.6. The van der Waals surface area contributed by atoms with E-state index in [1.54, 1.807) is 0 Å². The second kappa shape index (κ2) is 8.16. The van der Waals surface area contributed by atoms with Crippen molar-refractivity contribution in [3.05, 3.63) is 0 Å². The Morgan fingerprint density at radius 2 is 1.39 bits per heavy atom. The third-order valence-corrected chi connectivity index (χ3v) is 4.70. The van der Waals surface area contributed by atoms with Crippen molar-refractivity contribution in [1.29, 1.82) is 0 Å². The van der Waals surface area contributed by atoms with Crippen LogP contribution in [-0.4, -0.2) is 36.6 Å². The van der Waals surface area contributed by atoms with Crippen LogP contribution in [0.25, 0.3) is 0 Å². The highest BCUT2D eigenvalue weighted by Crippen LogP contribution is 2.19. The standard InChI is InChI=1S/C16H32N2/c1-2-12-18-13-10-16(11-14-18)17-15-8-6-4-3-5-7-9-15/h15-17H,2-14H2,1H3. The zero-order valence-electron chi connectivity index (χ0n) is 12.3. The molecule has 1 N–H and O–H groups in total. The van der Waals surface area contributed by atoms with Crippen LogP contribution in [0.5, 0.6) is 0 Å². The molecule has 0 aromatic heterocycles. The molecule has 1 saturated carbocycles. The molecule has 2 aliphatic rings. The predicted octanol–water partition coefficient (Wildman–Crippen LogP) is 3.56. The smallest absolute Gasteiger partial charge is 0.00940 e. The molecule has 106 valence electrons. The lowest BCUT2D eigenvalue weighted by atomic mass is 9.94. The van der Waals surface area contributed by atoms with Crippen molar-refractivity contribution in [2.45, 2.75) is 83.2 Å². The van der Waals surface area contributed by atoms with Gasteiger partial charge in [0.25, 0.3) is 0 Å². The Kier molecular flexibility index (Phi) is 6.50. The fourth-order valence-corrected chi connectivity index (χ4v) is 3.60. The highest BCUT2D eigenvalue weighted by molar-refractivity contribution is 4.81. The van der Waals surface area contributed by atoms with E-state index >= 15 is 0 Å². The normalized spacial score (nSPS) is 25.8. The number of hydrogen-bond donors (Lipinski definition) is 1. The van der Waals surface area contributed by atoms with Crippen LogP contribution in [0.1, 0.15) is 71.1 Å². The third kappa shape index (κ3) is 4.89. The molecule has 0 radical (unpaired) electrons. The second-order valence-corrected chi connectivity index (χ2v) is 6.32. The Balaban J connectivity index is 1.66. The fraction of sp³-hybridized carbons (Fsp3) is 1.00. The first-order chi connectivity index (χ1) is 8.88. The third-order valence-electron chi connectivity index (χ3n) is 4.70. The Morgan fingerprint density at radius 1 is 0.833 bits per heavy atom. The van der Waals surface area contributed by atoms with Crippen LogP contribution in [0.15, 0.2) is 0 Å². The number of hydrogen-bond acceptors (Lipinski definition) is 2. The second-order valence-electron chi connectivity index (χ2n) is 6.32. The summed E-state index contributed by atoms with van der Waals surface area (Å²) >= 11 is 0. The average molecular weight is 252 g/mol. The molecular weight excluding hydrogens is 220 g/mol. The van der Waals surface area contributed by atoms with Crippen molar-refractivity contribution >= 4 is 0 Å². The van der Waals surface area contributed by atoms with Crippen molar-refractivity contribution in [3.63, 3.8) is 0 Å². The monoisotopic (exact) mass is 252 g/mol. The predicted molar refractivity (Wildman–Crippen MR) is 79.0 cm³/mol. The van der Waals surface area contributed by atoms with Gasteiger partial charge in [-0.15, -0.1) is 0 Å². The van der Waals surface area contributed by atoms with E-state index < -0.39 is 0 Å². The number of piperidine rings is 1. The lowest BCUT2D eigenvalue weighted by Gasteiger charge is -2.35. The highest BCUT2D eigenvalue weighted by Gasteiger charge is 2.21. The molecule has 2 nitrogen and oxygen atoms in total. The molecule has 18 heavy (non-hydrogen) atoms. The fourth-order valence-electron chi connectivity index (χ4n) is 3.60. The van der Waals surface area contributed by atoms with Crippen LogP contribution in [0.4, 0.5) is 0 Å². The quantitative estimate of drug-likeness (QED) is 0.823. The van der Waals surface area contributed by atoms with Crippen molar-refractivity contribution in [2.24, 2.45) is 0 Å². The summed E-state index contributed by atoms with van der Waals surface area (Å²) in [6, 6.07) is 1.63. The van der Waals surface area contributed by atoms with E-state index in [2.05, 4.69) is 17.1 Å². The number of likely N-dealkylation sites (tertiary alicyclic amines) is 1. The Hall–Kier alpha value is -0.0800. The van der Waals surface area contributed by atoms with E-state index in [0.29, 0.717) is 0 Å². The molecule has 0 aromatic rings. The van der Waals surface area contributed by atoms with E-state index in [0.717, 1.165) is 12.1 Å². The SMILES string of the molecule is CCCN1CCC(NC2CCCCCCC2)CC1. The van der Waals surface area contributed by atoms with Crippen LogP contribution in [0.2, 0.25) is 0 Å². The summed E-state index contributed by atoms with van der Waals surface area (Å²) in [7, 11) is 0. The van der Waals surface area contributed by atoms with Crippen LogP contribution in [0, 0.1) is 0 Å². The number of nitrogens with zero attached hydrogens (tertiary/aromatic N) is 1. The van der Waals surface area contributed by atoms with Gasteiger partial charge < -0.3 is 10.2 Å². The van der Waals surface area contributed by atoms with Gasteiger partial charge in [-0.3, -0.25) is 0 Å². The van der Waals surface area contributed by atoms with Crippen molar-refractivity contribution < 1.29 is 0 Å². The first kappa shape index (κ1) is 14.3. The lowest BCUT2D eigenvalue weighted by molar-refractivity contribution is 0.186. The molecule has 1 aliphatic carbocycles. The topological polar surface area (TPSA) is 15.3 Å². The summed E-state index contributed by atoms with van der Waals surface area (Å²) < 4.78 is 0. The molecule has 2 heteroatoms. The van der Waals surface area contributed by atoms with Gasteiger partial charge in [0.15, 0.2) is 0 Å². The average Bonchev–Trinajstić information content (AvgIpc) is 2.35. The van der Waals surface area contributed by atoms with Crippen molar-refractivity contribution in [3.8, 4) is 0 Å². The molecule has 2 fully saturated rings. The van der Waals surface area contributed by atoms with Crippen LogP contribution < -0.4 is 5.32 Å². The molecule has 0 spiro atoms. The van der Waals surface area contributed by atoms with Gasteiger partial charge in [-0.1, -0.05) is 39.0 Å². The van der Waals surface area contributed by atoms with E-state index in [-0.39, 0.29) is 0 Å². The summed E-state index contributed by atoms with van der Waals surface area (Å²) in [5.74, 6) is 0. The summed E-state index contributed by atoms with van der Waals surface area (Å²) in [6.45, 7) is 6.23. The lowest BCUT2D eigenvalue weighted by Crippen LogP contribution is -2.46. The first-order valence-corrected chi connectivity index (χ1v) is 8.37. The molecule has 1 heterocycles. The summed E-state index contributed by atoms with van der Waals surface area (Å²) in [5, 5.41) is 3.96. The van der Waals surface area contributed by atoms with Gasteiger partial charge in [0.2, 0.25) is 0 Å². The van der Waals surface area contributed by atoms with Crippen LogP contribution in [-0.2, 0) is 0 Å². The highest BCUT2D eigenvalue weighted by atomic mass is 15.1. The maximum Gasteiger partial charge on any atom is 0.00940 e. The minimum atomic E-state index is 0.808. The number of rotatable bonds is 4. The van der Waals surface area contributed by atoms with E-state index in [9.17, 15) is 0 Å². The largest absolute Gasteiger partial charge is 0.311 e. The van der Waals surface area contributed by atoms with Gasteiger partial charge in [0.05, 0.1) is 0 Å². The van der Waals surface area contributed by atoms with Crippen molar-refractivity contribution in [2.75, 3.05) is 19.6 Å². The van der Waals surface area contributed by atoms with E-state index in [4.69, 9.17) is 0 Å². The molecule has 0 aromatic carbocycles. The molecule has 0 atom stereocenters. The number of nitrogens with one attached hydrogen (secondary N) is 1. The first-order valence-electron chi connectivity index (χ1n) is 8.37. The minimum absolute atomic E-state index is 0.808. The van der Waals surface area contributed by atoms with Crippen LogP contribution in [0.3, 0.4) is 0 Å². The van der Waals surface area contributed by atoms with E-state index in [1.807, 2.05) is 0 Å². The van der Waals surface area contributed by atoms with Gasteiger partial charge in [-0.2, -0.15) is 0 Å². The Morgan fingerprint density at radius 3 is 2.00 bits per heavy atom. The molecule has 1 aliphatic heterocycles. The minimum Gasteiger partial charge on any atom is -0.311 e. The summed E-state index contributed by atoms with van der Waals surface area (Å²) in [5.41, 5.74) is 0. The van der Waals surface area contributed by atoms with Gasteiger partial charge in [0, 0.05) is 12.1 Å². The van der Waals surface area contributed by atoms with Crippen LogP contribution >= 0.6 is 0 Å². The Labute approximate surface area is 114 Å². The van der Waals surface area contributed by atoms with Gasteiger partial charge >= 0.3 is 0 Å². The van der Waals surface area contributed by atoms with Crippen molar-refractivity contribution in [1.82, 2.24) is 10.2 Å². The molecule has 0 bridgehead atoms. The molecule has 0 amide bonds. The van der Waals surface area contributed by atoms with Gasteiger partial charge in [0.1, 0.15) is 0 Å². The molecule has 2 rings (SSSR count). The maximum absolute atomic E-state index is 3.96. The van der Waals surface area contributed by atoms with Gasteiger partial charge in [-0.05, 0) is 51.7 Å². The summed E-state index contributed by atoms with van der Waals surface area (Å²) in [4.78, 5) is 2.64. The van der Waals surface area contributed by atoms with E-state index in [1.165, 1.54) is 83.8 Å². The molecule has 1 saturated heterocycles. The van der Waals surface area contributed by atoms with Gasteiger partial charge in [-0.25, -0.2) is 0 Å². The molecular formula is C16H32N2. The Bertz CT molecular complexity index is 201. The maximum atomic E-state index is 3.96. The zero-order valence-corrected chi connectivity index (χ0v) is 12.3.